The molecular weight excluding hydrogens is 160 g/mol. The average Bonchev–Trinajstić information content (AvgIpc) is 2.48. The Morgan fingerprint density at radius 2 is 2.64 bits per heavy atom. The van der Waals surface area contributed by atoms with Gasteiger partial charge in [0, 0.05) is 12.6 Å². The number of nitrogens with zero attached hydrogens (tertiary/aromatic N) is 1. The third-order valence-electron chi connectivity index (χ3n) is 1.13. The highest BCUT2D eigenvalue weighted by Crippen LogP contribution is 2.16. The second kappa shape index (κ2) is 4.10. The highest BCUT2D eigenvalue weighted by Gasteiger charge is 1.95. The van der Waals surface area contributed by atoms with Crippen LogP contribution in [-0.2, 0) is 0 Å². The van der Waals surface area contributed by atoms with Crippen molar-refractivity contribution in [3.8, 4) is 5.88 Å². The zero-order chi connectivity index (χ0) is 8.10. The van der Waals surface area contributed by atoms with Crippen molar-refractivity contribution in [2.75, 3.05) is 13.7 Å². The van der Waals surface area contributed by atoms with Crippen LogP contribution in [0.25, 0.3) is 6.08 Å². The summed E-state index contributed by atoms with van der Waals surface area (Å²) in [6.45, 7) is 0.556. The molecule has 4 heteroatoms. The predicted molar refractivity (Wildman–Crippen MR) is 46.8 cm³/mol. The lowest BCUT2D eigenvalue weighted by Crippen LogP contribution is -1.91. The summed E-state index contributed by atoms with van der Waals surface area (Å²) in [5.41, 5.74) is 5.28. The normalized spacial score (nSPS) is 10.7. The van der Waals surface area contributed by atoms with Crippen LogP contribution in [0.4, 0.5) is 0 Å². The zero-order valence-electron chi connectivity index (χ0n) is 6.28. The van der Waals surface area contributed by atoms with Gasteiger partial charge in [-0.05, 0) is 17.6 Å². The summed E-state index contributed by atoms with van der Waals surface area (Å²) < 4.78 is 8.92. The van der Waals surface area contributed by atoms with E-state index in [1.54, 1.807) is 7.11 Å². The molecule has 1 aromatic rings. The Hall–Kier alpha value is -0.870. The third kappa shape index (κ3) is 2.32. The molecule has 0 atom stereocenters. The summed E-state index contributed by atoms with van der Waals surface area (Å²) >= 11 is 1.40. The summed E-state index contributed by atoms with van der Waals surface area (Å²) in [4.78, 5) is 1.06. The van der Waals surface area contributed by atoms with Crippen LogP contribution in [0.5, 0.6) is 5.88 Å². The lowest BCUT2D eigenvalue weighted by atomic mass is 10.4. The molecular formula is C7H10N2OS. The van der Waals surface area contributed by atoms with E-state index >= 15 is 0 Å². The second-order valence-corrected chi connectivity index (χ2v) is 2.75. The van der Waals surface area contributed by atoms with Crippen molar-refractivity contribution in [2.45, 2.75) is 0 Å². The van der Waals surface area contributed by atoms with Gasteiger partial charge in [-0.15, -0.1) is 0 Å². The van der Waals surface area contributed by atoms with Crippen molar-refractivity contribution in [1.82, 2.24) is 4.37 Å². The Kier molecular flexibility index (Phi) is 3.07. The Bertz CT molecular complexity index is 244. The number of hydrogen-bond acceptors (Lipinski definition) is 4. The second-order valence-electron chi connectivity index (χ2n) is 1.91. The molecule has 1 aromatic heterocycles. The first kappa shape index (κ1) is 8.23. The van der Waals surface area contributed by atoms with Gasteiger partial charge in [0.15, 0.2) is 0 Å². The van der Waals surface area contributed by atoms with Gasteiger partial charge in [0.1, 0.15) is 0 Å². The van der Waals surface area contributed by atoms with Gasteiger partial charge in [-0.1, -0.05) is 6.08 Å². The molecule has 60 valence electrons. The molecule has 11 heavy (non-hydrogen) atoms. The van der Waals surface area contributed by atoms with Gasteiger partial charge in [-0.25, -0.2) is 0 Å². The standard InChI is InChI=1S/C7H10N2OS/c1-10-7-5-6(11-9-7)3-2-4-8/h2-3,5H,4,8H2,1H3/b3-2+. The van der Waals surface area contributed by atoms with Crippen molar-refractivity contribution < 1.29 is 4.74 Å². The molecule has 0 bridgehead atoms. The molecule has 3 nitrogen and oxygen atoms in total. The molecule has 0 fully saturated rings. The maximum atomic E-state index is 5.28. The van der Waals surface area contributed by atoms with Crippen molar-refractivity contribution in [3.63, 3.8) is 0 Å². The van der Waals surface area contributed by atoms with Crippen LogP contribution in [0.3, 0.4) is 0 Å². The van der Waals surface area contributed by atoms with E-state index in [-0.39, 0.29) is 0 Å². The molecule has 0 aliphatic heterocycles. The molecule has 0 radical (unpaired) electrons. The Balaban J connectivity index is 2.65. The van der Waals surface area contributed by atoms with Crippen LogP contribution >= 0.6 is 11.5 Å². The first-order valence-electron chi connectivity index (χ1n) is 3.24. The monoisotopic (exact) mass is 170 g/mol. The van der Waals surface area contributed by atoms with Gasteiger partial charge in [-0.2, -0.15) is 4.37 Å². The molecule has 0 saturated carbocycles. The van der Waals surface area contributed by atoms with Crippen LogP contribution in [0.2, 0.25) is 0 Å². The molecule has 0 saturated heterocycles. The van der Waals surface area contributed by atoms with Gasteiger partial charge >= 0.3 is 0 Å². The van der Waals surface area contributed by atoms with E-state index in [1.165, 1.54) is 11.5 Å². The molecule has 2 N–H and O–H groups in total. The molecule has 1 rings (SSSR count). The molecule has 0 amide bonds. The molecule has 0 spiro atoms. The lowest BCUT2D eigenvalue weighted by Gasteiger charge is -1.85. The fraction of sp³-hybridized carbons (Fsp3) is 0.286. The van der Waals surface area contributed by atoms with Crippen molar-refractivity contribution in [3.05, 3.63) is 17.0 Å². The number of ether oxygens (including phenoxy) is 1. The topological polar surface area (TPSA) is 48.1 Å². The SMILES string of the molecule is COc1cc(/C=C/CN)sn1. The van der Waals surface area contributed by atoms with Gasteiger partial charge < -0.3 is 10.5 Å². The minimum Gasteiger partial charge on any atom is -0.480 e. The number of methoxy groups -OCH3 is 1. The summed E-state index contributed by atoms with van der Waals surface area (Å²) in [7, 11) is 1.60. The van der Waals surface area contributed by atoms with Crippen LogP contribution in [0.15, 0.2) is 12.1 Å². The van der Waals surface area contributed by atoms with E-state index in [0.717, 1.165) is 4.88 Å². The number of nitrogens with two attached hydrogens (primary N) is 1. The summed E-state index contributed by atoms with van der Waals surface area (Å²) in [6.07, 6.45) is 3.81. The van der Waals surface area contributed by atoms with E-state index in [0.29, 0.717) is 12.4 Å². The van der Waals surface area contributed by atoms with Crippen LogP contribution in [0.1, 0.15) is 4.88 Å². The first-order valence-corrected chi connectivity index (χ1v) is 4.01. The van der Waals surface area contributed by atoms with Crippen molar-refractivity contribution in [1.29, 1.82) is 0 Å². The van der Waals surface area contributed by atoms with Gasteiger partial charge in [0.25, 0.3) is 0 Å². The van der Waals surface area contributed by atoms with Crippen molar-refractivity contribution in [2.24, 2.45) is 5.73 Å². The molecule has 0 aromatic carbocycles. The minimum atomic E-state index is 0.556. The van der Waals surface area contributed by atoms with Gasteiger partial charge in [0.05, 0.1) is 12.0 Å². The lowest BCUT2D eigenvalue weighted by molar-refractivity contribution is 0.402. The average molecular weight is 170 g/mol. The maximum absolute atomic E-state index is 5.28. The number of hydrogen-bond donors (Lipinski definition) is 1. The Morgan fingerprint density at radius 3 is 3.18 bits per heavy atom. The smallest absolute Gasteiger partial charge is 0.225 e. The maximum Gasteiger partial charge on any atom is 0.225 e. The largest absolute Gasteiger partial charge is 0.480 e. The van der Waals surface area contributed by atoms with E-state index < -0.39 is 0 Å². The number of aromatic nitrogens is 1. The molecule has 1 heterocycles. The summed E-state index contributed by atoms with van der Waals surface area (Å²) in [5.74, 6) is 0.659. The van der Waals surface area contributed by atoms with E-state index in [2.05, 4.69) is 4.37 Å². The molecule has 0 unspecified atom stereocenters. The third-order valence-corrected chi connectivity index (χ3v) is 1.87. The first-order chi connectivity index (χ1) is 5.36. The fourth-order valence-corrected chi connectivity index (χ4v) is 1.26. The minimum absolute atomic E-state index is 0.556. The van der Waals surface area contributed by atoms with E-state index in [9.17, 15) is 0 Å². The van der Waals surface area contributed by atoms with Crippen LogP contribution in [-0.4, -0.2) is 18.0 Å². The Morgan fingerprint density at radius 1 is 1.82 bits per heavy atom. The summed E-state index contributed by atoms with van der Waals surface area (Å²) in [5, 5.41) is 0. The highest BCUT2D eigenvalue weighted by atomic mass is 32.1. The predicted octanol–water partition coefficient (Wildman–Crippen LogP) is 1.12. The van der Waals surface area contributed by atoms with Gasteiger partial charge in [0.2, 0.25) is 5.88 Å². The number of rotatable bonds is 3. The van der Waals surface area contributed by atoms with Crippen LogP contribution in [0, 0.1) is 0 Å². The van der Waals surface area contributed by atoms with Gasteiger partial charge in [-0.3, -0.25) is 0 Å². The van der Waals surface area contributed by atoms with Crippen molar-refractivity contribution >= 4 is 17.6 Å². The summed E-state index contributed by atoms with van der Waals surface area (Å²) in [6, 6.07) is 1.87. The van der Waals surface area contributed by atoms with E-state index in [4.69, 9.17) is 10.5 Å². The quantitative estimate of drug-likeness (QED) is 0.739. The van der Waals surface area contributed by atoms with E-state index in [1.807, 2.05) is 18.2 Å². The van der Waals surface area contributed by atoms with Crippen LogP contribution < -0.4 is 10.5 Å². The fourth-order valence-electron chi connectivity index (χ4n) is 0.631. The molecule has 0 aliphatic carbocycles. The zero-order valence-corrected chi connectivity index (χ0v) is 7.10. The highest BCUT2D eigenvalue weighted by molar-refractivity contribution is 7.06. The molecule has 0 aliphatic rings. The Labute approximate surface area is 69.7 Å².